The van der Waals surface area contributed by atoms with E-state index in [2.05, 4.69) is 66.3 Å². The minimum atomic E-state index is 0.192. The van der Waals surface area contributed by atoms with Crippen LogP contribution in [0.4, 0.5) is 0 Å². The third-order valence-corrected chi connectivity index (χ3v) is 4.51. The number of hydrogen-bond acceptors (Lipinski definition) is 3. The molecule has 0 amide bonds. The first-order chi connectivity index (χ1) is 9.03. The first-order valence-corrected chi connectivity index (χ1v) is 7.73. The van der Waals surface area contributed by atoms with Gasteiger partial charge < -0.3 is 9.88 Å². The van der Waals surface area contributed by atoms with Gasteiger partial charge in [-0.2, -0.15) is 0 Å². The van der Waals surface area contributed by atoms with E-state index in [1.807, 2.05) is 6.20 Å². The Morgan fingerprint density at radius 2 is 2.26 bits per heavy atom. The maximum atomic E-state index is 4.49. The van der Waals surface area contributed by atoms with E-state index in [1.165, 1.54) is 4.88 Å². The number of imidazole rings is 1. The summed E-state index contributed by atoms with van der Waals surface area (Å²) in [5.41, 5.74) is 0.192. The smallest absolute Gasteiger partial charge is 0.150 e. The fourth-order valence-electron chi connectivity index (χ4n) is 1.91. The molecule has 1 unspecified atom stereocenters. The molecule has 19 heavy (non-hydrogen) atoms. The molecule has 104 valence electrons. The molecule has 2 rings (SSSR count). The Labute approximate surface area is 119 Å². The lowest BCUT2D eigenvalue weighted by atomic mass is 10.0. The zero-order chi connectivity index (χ0) is 13.9. The molecule has 0 aliphatic carbocycles. The predicted molar refractivity (Wildman–Crippen MR) is 82.6 cm³/mol. The topological polar surface area (TPSA) is 29.9 Å². The van der Waals surface area contributed by atoms with Crippen LogP contribution in [-0.4, -0.2) is 21.6 Å². The van der Waals surface area contributed by atoms with Crippen molar-refractivity contribution < 1.29 is 0 Å². The summed E-state index contributed by atoms with van der Waals surface area (Å²) in [6.45, 7) is 9.89. The molecule has 2 aromatic rings. The Morgan fingerprint density at radius 1 is 1.47 bits per heavy atom. The van der Waals surface area contributed by atoms with E-state index in [0.29, 0.717) is 6.04 Å². The van der Waals surface area contributed by atoms with E-state index in [-0.39, 0.29) is 5.54 Å². The van der Waals surface area contributed by atoms with Crippen molar-refractivity contribution in [3.8, 4) is 10.7 Å². The molecule has 0 aliphatic heterocycles. The molecule has 2 heterocycles. The second-order valence-electron chi connectivity index (χ2n) is 5.60. The average Bonchev–Trinajstić information content (AvgIpc) is 3.05. The van der Waals surface area contributed by atoms with Crippen molar-refractivity contribution >= 4 is 11.3 Å². The standard InChI is InChI=1S/C15H23N3S/c1-5-15(3,4)17-11-12(2)18-9-8-16-14(18)13-7-6-10-19-13/h6-10,12,17H,5,11H2,1-4H3. The Kier molecular flexibility index (Phi) is 4.42. The lowest BCUT2D eigenvalue weighted by molar-refractivity contribution is 0.345. The third kappa shape index (κ3) is 3.45. The first kappa shape index (κ1) is 14.3. The largest absolute Gasteiger partial charge is 0.326 e. The molecule has 3 nitrogen and oxygen atoms in total. The lowest BCUT2D eigenvalue weighted by Gasteiger charge is -2.27. The van der Waals surface area contributed by atoms with Gasteiger partial charge in [-0.15, -0.1) is 11.3 Å². The maximum Gasteiger partial charge on any atom is 0.150 e. The van der Waals surface area contributed by atoms with Gasteiger partial charge in [0.25, 0.3) is 0 Å². The van der Waals surface area contributed by atoms with Crippen LogP contribution in [0.5, 0.6) is 0 Å². The van der Waals surface area contributed by atoms with Crippen molar-refractivity contribution in [3.63, 3.8) is 0 Å². The molecule has 1 N–H and O–H groups in total. The normalized spacial score (nSPS) is 13.7. The van der Waals surface area contributed by atoms with Gasteiger partial charge in [-0.25, -0.2) is 4.98 Å². The van der Waals surface area contributed by atoms with Crippen molar-refractivity contribution in [2.24, 2.45) is 0 Å². The predicted octanol–water partition coefficient (Wildman–Crippen LogP) is 3.95. The Balaban J connectivity index is 2.08. The van der Waals surface area contributed by atoms with Gasteiger partial charge in [0.1, 0.15) is 5.82 Å². The van der Waals surface area contributed by atoms with Gasteiger partial charge in [0.05, 0.1) is 4.88 Å². The van der Waals surface area contributed by atoms with E-state index in [9.17, 15) is 0 Å². The Hall–Kier alpha value is -1.13. The highest BCUT2D eigenvalue weighted by atomic mass is 32.1. The van der Waals surface area contributed by atoms with E-state index >= 15 is 0 Å². The van der Waals surface area contributed by atoms with E-state index in [4.69, 9.17) is 0 Å². The summed E-state index contributed by atoms with van der Waals surface area (Å²) in [4.78, 5) is 5.72. The zero-order valence-corrected chi connectivity index (χ0v) is 13.0. The minimum Gasteiger partial charge on any atom is -0.326 e. The fraction of sp³-hybridized carbons (Fsp3) is 0.533. The van der Waals surface area contributed by atoms with E-state index in [1.54, 1.807) is 11.3 Å². The van der Waals surface area contributed by atoms with Gasteiger partial charge >= 0.3 is 0 Å². The molecule has 0 saturated carbocycles. The number of hydrogen-bond donors (Lipinski definition) is 1. The monoisotopic (exact) mass is 277 g/mol. The molecule has 0 saturated heterocycles. The molecule has 1 atom stereocenters. The molecule has 0 aliphatic rings. The van der Waals surface area contributed by atoms with Crippen LogP contribution in [0, 0.1) is 0 Å². The number of aromatic nitrogens is 2. The summed E-state index contributed by atoms with van der Waals surface area (Å²) in [6.07, 6.45) is 5.08. The van der Waals surface area contributed by atoms with Gasteiger partial charge in [0.2, 0.25) is 0 Å². The molecular weight excluding hydrogens is 254 g/mol. The quantitative estimate of drug-likeness (QED) is 0.866. The van der Waals surface area contributed by atoms with Crippen LogP contribution in [-0.2, 0) is 0 Å². The molecule has 2 aromatic heterocycles. The Bertz CT molecular complexity index is 499. The number of nitrogens with zero attached hydrogens (tertiary/aromatic N) is 2. The average molecular weight is 277 g/mol. The van der Waals surface area contributed by atoms with Crippen molar-refractivity contribution in [2.75, 3.05) is 6.54 Å². The van der Waals surface area contributed by atoms with Crippen molar-refractivity contribution in [2.45, 2.75) is 45.7 Å². The van der Waals surface area contributed by atoms with E-state index < -0.39 is 0 Å². The van der Waals surface area contributed by atoms with Gasteiger partial charge in [0, 0.05) is 30.5 Å². The molecule has 4 heteroatoms. The summed E-state index contributed by atoms with van der Waals surface area (Å²) in [7, 11) is 0. The minimum absolute atomic E-state index is 0.192. The summed E-state index contributed by atoms with van der Waals surface area (Å²) in [6, 6.07) is 4.59. The van der Waals surface area contributed by atoms with Crippen LogP contribution in [0.2, 0.25) is 0 Å². The molecule has 0 fully saturated rings. The van der Waals surface area contributed by atoms with Crippen molar-refractivity contribution in [1.82, 2.24) is 14.9 Å². The van der Waals surface area contributed by atoms with Crippen LogP contribution >= 0.6 is 11.3 Å². The summed E-state index contributed by atoms with van der Waals surface area (Å²) < 4.78 is 2.25. The van der Waals surface area contributed by atoms with Crippen LogP contribution in [0.3, 0.4) is 0 Å². The molecule has 0 aromatic carbocycles. The maximum absolute atomic E-state index is 4.49. The molecule has 0 radical (unpaired) electrons. The molecule has 0 bridgehead atoms. The van der Waals surface area contributed by atoms with Gasteiger partial charge in [-0.1, -0.05) is 13.0 Å². The van der Waals surface area contributed by atoms with Gasteiger partial charge in [-0.3, -0.25) is 0 Å². The van der Waals surface area contributed by atoms with Gasteiger partial charge in [0.15, 0.2) is 0 Å². The first-order valence-electron chi connectivity index (χ1n) is 6.85. The Morgan fingerprint density at radius 3 is 2.89 bits per heavy atom. The van der Waals surface area contributed by atoms with Crippen LogP contribution in [0.25, 0.3) is 10.7 Å². The highest BCUT2D eigenvalue weighted by Crippen LogP contribution is 2.25. The SMILES string of the molecule is CCC(C)(C)NCC(C)n1ccnc1-c1cccs1. The second-order valence-corrected chi connectivity index (χ2v) is 6.55. The van der Waals surface area contributed by atoms with Crippen molar-refractivity contribution in [1.29, 1.82) is 0 Å². The fourth-order valence-corrected chi connectivity index (χ4v) is 2.64. The van der Waals surface area contributed by atoms with Crippen molar-refractivity contribution in [3.05, 3.63) is 29.9 Å². The summed E-state index contributed by atoms with van der Waals surface area (Å²) in [5, 5.41) is 5.72. The van der Waals surface area contributed by atoms with Crippen LogP contribution in [0.1, 0.15) is 40.2 Å². The summed E-state index contributed by atoms with van der Waals surface area (Å²) in [5.74, 6) is 1.07. The summed E-state index contributed by atoms with van der Waals surface area (Å²) >= 11 is 1.74. The van der Waals surface area contributed by atoms with Gasteiger partial charge in [-0.05, 0) is 38.6 Å². The highest BCUT2D eigenvalue weighted by Gasteiger charge is 2.17. The number of nitrogens with one attached hydrogen (secondary N) is 1. The third-order valence-electron chi connectivity index (χ3n) is 3.64. The second kappa shape index (κ2) is 5.88. The number of rotatable bonds is 6. The lowest BCUT2D eigenvalue weighted by Crippen LogP contribution is -2.41. The number of thiophene rings is 1. The molecule has 0 spiro atoms. The van der Waals surface area contributed by atoms with Crippen LogP contribution in [0.15, 0.2) is 29.9 Å². The molecular formula is C15H23N3S. The van der Waals surface area contributed by atoms with E-state index in [0.717, 1.165) is 18.8 Å². The zero-order valence-electron chi connectivity index (χ0n) is 12.2. The highest BCUT2D eigenvalue weighted by molar-refractivity contribution is 7.13. The van der Waals surface area contributed by atoms with Crippen LogP contribution < -0.4 is 5.32 Å².